The second kappa shape index (κ2) is 3.63. The molecule has 11 heavy (non-hydrogen) atoms. The highest BCUT2D eigenvalue weighted by Gasteiger charge is 1.97. The summed E-state index contributed by atoms with van der Waals surface area (Å²) in [6, 6.07) is 5.57. The Balaban J connectivity index is 2.90. The molecule has 1 radical (unpaired) electrons. The van der Waals surface area contributed by atoms with Crippen molar-refractivity contribution in [3.63, 3.8) is 0 Å². The second-order valence-corrected chi connectivity index (χ2v) is 2.88. The van der Waals surface area contributed by atoms with Gasteiger partial charge in [0.15, 0.2) is 0 Å². The van der Waals surface area contributed by atoms with Gasteiger partial charge in [-0.15, -0.1) is 0 Å². The predicted molar refractivity (Wildman–Crippen MR) is 49.5 cm³/mol. The maximum Gasteiger partial charge on any atom is 0.0426 e. The first-order valence-electron chi connectivity index (χ1n) is 3.57. The summed E-state index contributed by atoms with van der Waals surface area (Å²) in [5.41, 5.74) is 7.59. The number of benzene rings is 1. The molecule has 2 N–H and O–H groups in total. The number of rotatable bonds is 2. The normalized spacial score (nSPS) is 10.0. The van der Waals surface area contributed by atoms with Gasteiger partial charge >= 0.3 is 0 Å². The molecule has 0 saturated carbocycles. The number of hydrogen-bond donors (Lipinski definition) is 1. The van der Waals surface area contributed by atoms with E-state index < -0.39 is 0 Å². The molecule has 0 spiro atoms. The Labute approximate surface area is 72.2 Å². The fourth-order valence-corrected chi connectivity index (χ4v) is 1.16. The van der Waals surface area contributed by atoms with Crippen LogP contribution >= 0.6 is 11.6 Å². The van der Waals surface area contributed by atoms with Crippen LogP contribution in [0.2, 0.25) is 5.02 Å². The summed E-state index contributed by atoms with van der Waals surface area (Å²) in [6.45, 7) is 3.76. The highest BCUT2D eigenvalue weighted by molar-refractivity contribution is 6.30. The Hall–Kier alpha value is -0.690. The van der Waals surface area contributed by atoms with Crippen molar-refractivity contribution < 1.29 is 0 Å². The van der Waals surface area contributed by atoms with Gasteiger partial charge in [-0.2, -0.15) is 0 Å². The van der Waals surface area contributed by atoms with Gasteiger partial charge < -0.3 is 5.73 Å². The van der Waals surface area contributed by atoms with E-state index in [1.807, 2.05) is 12.1 Å². The molecular weight excluding hydrogens is 158 g/mol. The Morgan fingerprint density at radius 3 is 2.73 bits per heavy atom. The van der Waals surface area contributed by atoms with E-state index >= 15 is 0 Å². The number of nitrogens with two attached hydrogens (primary N) is 1. The van der Waals surface area contributed by atoms with Crippen LogP contribution in [-0.4, -0.2) is 0 Å². The lowest BCUT2D eigenvalue weighted by atomic mass is 10.1. The minimum atomic E-state index is 0.690. The van der Waals surface area contributed by atoms with Gasteiger partial charge in [0.2, 0.25) is 0 Å². The van der Waals surface area contributed by atoms with Crippen LogP contribution in [0.4, 0.5) is 5.69 Å². The lowest BCUT2D eigenvalue weighted by Gasteiger charge is -2.02. The van der Waals surface area contributed by atoms with Crippen molar-refractivity contribution in [2.75, 3.05) is 5.73 Å². The fourth-order valence-electron chi connectivity index (χ4n) is 0.984. The zero-order chi connectivity index (χ0) is 8.27. The molecule has 0 heterocycles. The largest absolute Gasteiger partial charge is 0.398 e. The quantitative estimate of drug-likeness (QED) is 0.676. The van der Waals surface area contributed by atoms with Gasteiger partial charge in [-0.05, 0) is 30.5 Å². The molecule has 1 nitrogen and oxygen atoms in total. The Morgan fingerprint density at radius 2 is 2.18 bits per heavy atom. The van der Waals surface area contributed by atoms with Gasteiger partial charge in [-0.1, -0.05) is 24.6 Å². The SMILES string of the molecule is [CH2]CCc1ccc(Cl)cc1N. The molecule has 0 bridgehead atoms. The van der Waals surface area contributed by atoms with Crippen LogP contribution in [-0.2, 0) is 6.42 Å². The molecule has 1 rings (SSSR count). The average Bonchev–Trinajstić information content (AvgIpc) is 1.95. The monoisotopic (exact) mass is 168 g/mol. The molecule has 0 aliphatic rings. The summed E-state index contributed by atoms with van der Waals surface area (Å²) in [5.74, 6) is 0. The number of hydrogen-bond acceptors (Lipinski definition) is 1. The molecular formula is C9H11ClN. The van der Waals surface area contributed by atoms with Crippen molar-refractivity contribution in [3.8, 4) is 0 Å². The molecule has 1 aromatic carbocycles. The summed E-state index contributed by atoms with van der Waals surface area (Å²) >= 11 is 5.72. The minimum Gasteiger partial charge on any atom is -0.398 e. The summed E-state index contributed by atoms with van der Waals surface area (Å²) < 4.78 is 0. The van der Waals surface area contributed by atoms with Gasteiger partial charge in [0, 0.05) is 10.7 Å². The summed E-state index contributed by atoms with van der Waals surface area (Å²) in [4.78, 5) is 0. The first-order valence-corrected chi connectivity index (χ1v) is 3.95. The number of anilines is 1. The molecule has 0 aromatic heterocycles. The van der Waals surface area contributed by atoms with Crippen LogP contribution in [0.5, 0.6) is 0 Å². The number of halogens is 1. The van der Waals surface area contributed by atoms with Crippen molar-refractivity contribution >= 4 is 17.3 Å². The standard InChI is InChI=1S/C9H11ClN/c1-2-3-7-4-5-8(10)6-9(7)11/h4-6H,1-3,11H2. The average molecular weight is 169 g/mol. The zero-order valence-corrected chi connectivity index (χ0v) is 7.06. The summed E-state index contributed by atoms with van der Waals surface area (Å²) in [6.07, 6.45) is 1.79. The highest BCUT2D eigenvalue weighted by Crippen LogP contribution is 2.18. The first kappa shape index (κ1) is 8.41. The number of aryl methyl sites for hydroxylation is 1. The van der Waals surface area contributed by atoms with Gasteiger partial charge in [0.25, 0.3) is 0 Å². The van der Waals surface area contributed by atoms with Crippen LogP contribution in [0.3, 0.4) is 0 Å². The van der Waals surface area contributed by atoms with E-state index in [0.29, 0.717) is 5.02 Å². The molecule has 1 aromatic rings. The molecule has 0 fully saturated rings. The third-order valence-electron chi connectivity index (χ3n) is 1.55. The van der Waals surface area contributed by atoms with Crippen molar-refractivity contribution in [1.82, 2.24) is 0 Å². The van der Waals surface area contributed by atoms with Crippen LogP contribution < -0.4 is 5.73 Å². The van der Waals surface area contributed by atoms with Crippen molar-refractivity contribution in [3.05, 3.63) is 35.7 Å². The van der Waals surface area contributed by atoms with Crippen LogP contribution in [0.15, 0.2) is 18.2 Å². The van der Waals surface area contributed by atoms with Crippen LogP contribution in [0.1, 0.15) is 12.0 Å². The Kier molecular flexibility index (Phi) is 2.77. The van der Waals surface area contributed by atoms with E-state index in [2.05, 4.69) is 6.92 Å². The van der Waals surface area contributed by atoms with E-state index in [1.165, 1.54) is 0 Å². The van der Waals surface area contributed by atoms with Crippen molar-refractivity contribution in [2.45, 2.75) is 12.8 Å². The van der Waals surface area contributed by atoms with E-state index in [1.54, 1.807) is 6.07 Å². The summed E-state index contributed by atoms with van der Waals surface area (Å²) in [7, 11) is 0. The molecule has 0 aliphatic heterocycles. The van der Waals surface area contributed by atoms with Crippen molar-refractivity contribution in [1.29, 1.82) is 0 Å². The molecule has 59 valence electrons. The third kappa shape index (κ3) is 2.12. The van der Waals surface area contributed by atoms with E-state index in [-0.39, 0.29) is 0 Å². The van der Waals surface area contributed by atoms with Crippen molar-refractivity contribution in [2.24, 2.45) is 0 Å². The molecule has 2 heteroatoms. The third-order valence-corrected chi connectivity index (χ3v) is 1.79. The first-order chi connectivity index (χ1) is 5.24. The maximum absolute atomic E-state index is 5.72. The van der Waals surface area contributed by atoms with Gasteiger partial charge in [0.05, 0.1) is 0 Å². The second-order valence-electron chi connectivity index (χ2n) is 2.45. The Bertz CT molecular complexity index is 245. The Morgan fingerprint density at radius 1 is 1.45 bits per heavy atom. The van der Waals surface area contributed by atoms with E-state index in [9.17, 15) is 0 Å². The smallest absolute Gasteiger partial charge is 0.0426 e. The highest BCUT2D eigenvalue weighted by atomic mass is 35.5. The van der Waals surface area contributed by atoms with Gasteiger partial charge in [-0.25, -0.2) is 0 Å². The maximum atomic E-state index is 5.72. The zero-order valence-electron chi connectivity index (χ0n) is 6.31. The minimum absolute atomic E-state index is 0.690. The topological polar surface area (TPSA) is 26.0 Å². The van der Waals surface area contributed by atoms with E-state index in [0.717, 1.165) is 24.1 Å². The molecule has 0 aliphatic carbocycles. The molecule has 0 atom stereocenters. The molecule has 0 unspecified atom stereocenters. The predicted octanol–water partition coefficient (Wildman–Crippen LogP) is 2.69. The van der Waals surface area contributed by atoms with Crippen LogP contribution in [0, 0.1) is 6.92 Å². The van der Waals surface area contributed by atoms with Crippen LogP contribution in [0.25, 0.3) is 0 Å². The lowest BCUT2D eigenvalue weighted by Crippen LogP contribution is -1.93. The lowest BCUT2D eigenvalue weighted by molar-refractivity contribution is 1.00. The molecule has 0 saturated heterocycles. The van der Waals surface area contributed by atoms with Gasteiger partial charge in [-0.3, -0.25) is 0 Å². The van der Waals surface area contributed by atoms with Gasteiger partial charge in [0.1, 0.15) is 0 Å². The van der Waals surface area contributed by atoms with E-state index in [4.69, 9.17) is 17.3 Å². The number of nitrogen functional groups attached to an aromatic ring is 1. The molecule has 0 amide bonds. The summed E-state index contributed by atoms with van der Waals surface area (Å²) in [5, 5.41) is 0.690. The fraction of sp³-hybridized carbons (Fsp3) is 0.222.